The number of aromatic amines is 1. The van der Waals surface area contributed by atoms with Gasteiger partial charge in [-0.15, -0.1) is 0 Å². The highest BCUT2D eigenvalue weighted by Crippen LogP contribution is 2.39. The predicted octanol–water partition coefficient (Wildman–Crippen LogP) is 6.94. The van der Waals surface area contributed by atoms with Gasteiger partial charge in [0, 0.05) is 6.54 Å². The van der Waals surface area contributed by atoms with Crippen molar-refractivity contribution >= 4 is 17.0 Å². The van der Waals surface area contributed by atoms with E-state index >= 15 is 0 Å². The molecule has 1 fully saturated rings. The summed E-state index contributed by atoms with van der Waals surface area (Å²) in [6, 6.07) is 9.99. The van der Waals surface area contributed by atoms with Crippen LogP contribution in [-0.4, -0.2) is 33.8 Å². The van der Waals surface area contributed by atoms with Crippen LogP contribution in [0.2, 0.25) is 0 Å². The Morgan fingerprint density at radius 2 is 1.67 bits per heavy atom. The fourth-order valence-corrected chi connectivity index (χ4v) is 4.27. The molecular weight excluding hydrogens is 488 g/mol. The topological polar surface area (TPSA) is 78.0 Å². The summed E-state index contributed by atoms with van der Waals surface area (Å²) in [7, 11) is 0. The minimum absolute atomic E-state index is 0.172. The van der Waals surface area contributed by atoms with Gasteiger partial charge in [0.25, 0.3) is 0 Å². The molecular formula is C25H27F6N3O2. The number of hydrogen-bond acceptors (Lipinski definition) is 3. The lowest BCUT2D eigenvalue weighted by Gasteiger charge is -2.21. The van der Waals surface area contributed by atoms with E-state index in [1.165, 1.54) is 50.9 Å². The number of aliphatic carboxylic acids is 1. The van der Waals surface area contributed by atoms with Gasteiger partial charge in [0.1, 0.15) is 0 Å². The number of hydrogen-bond donors (Lipinski definition) is 3. The molecule has 1 saturated carbocycles. The first kappa shape index (κ1) is 27.5. The van der Waals surface area contributed by atoms with Gasteiger partial charge in [0.15, 0.2) is 0 Å². The van der Waals surface area contributed by atoms with Crippen LogP contribution in [0.4, 0.5) is 26.3 Å². The number of rotatable bonds is 6. The number of alkyl halides is 6. The van der Waals surface area contributed by atoms with Crippen molar-refractivity contribution < 1.29 is 36.2 Å². The van der Waals surface area contributed by atoms with Crippen molar-refractivity contribution in [1.29, 1.82) is 0 Å². The van der Waals surface area contributed by atoms with Crippen LogP contribution in [0.25, 0.3) is 22.2 Å². The molecule has 0 saturated heterocycles. The molecule has 1 aliphatic carbocycles. The highest BCUT2D eigenvalue weighted by molar-refractivity contribution is 5.84. The van der Waals surface area contributed by atoms with E-state index in [9.17, 15) is 26.3 Å². The number of carboxylic acid groups (broad SMARTS) is 1. The third-order valence-corrected chi connectivity index (χ3v) is 6.16. The minimum atomic E-state index is -5.08. The highest BCUT2D eigenvalue weighted by atomic mass is 19.4. The molecule has 3 N–H and O–H groups in total. The molecule has 0 radical (unpaired) electrons. The van der Waals surface area contributed by atoms with E-state index in [-0.39, 0.29) is 5.56 Å². The summed E-state index contributed by atoms with van der Waals surface area (Å²) in [5.41, 5.74) is 2.07. The van der Waals surface area contributed by atoms with Crippen molar-refractivity contribution in [3.05, 3.63) is 53.9 Å². The van der Waals surface area contributed by atoms with Gasteiger partial charge in [-0.25, -0.2) is 9.78 Å². The lowest BCUT2D eigenvalue weighted by Crippen LogP contribution is -2.21. The van der Waals surface area contributed by atoms with Gasteiger partial charge in [-0.1, -0.05) is 56.4 Å². The Balaban J connectivity index is 0.000000454. The Labute approximate surface area is 203 Å². The van der Waals surface area contributed by atoms with Crippen molar-refractivity contribution in [3.8, 4) is 11.1 Å². The molecule has 0 unspecified atom stereocenters. The van der Waals surface area contributed by atoms with Crippen LogP contribution in [0.3, 0.4) is 0 Å². The Morgan fingerprint density at radius 3 is 2.25 bits per heavy atom. The van der Waals surface area contributed by atoms with Crippen LogP contribution in [0.15, 0.2) is 42.7 Å². The van der Waals surface area contributed by atoms with E-state index in [1.807, 2.05) is 12.1 Å². The van der Waals surface area contributed by atoms with Crippen molar-refractivity contribution in [3.63, 3.8) is 0 Å². The van der Waals surface area contributed by atoms with Crippen LogP contribution in [0, 0.1) is 5.92 Å². The number of imidazole rings is 1. The minimum Gasteiger partial charge on any atom is -0.475 e. The molecule has 3 aromatic rings. The van der Waals surface area contributed by atoms with Crippen LogP contribution in [0.1, 0.15) is 49.7 Å². The first-order valence-corrected chi connectivity index (χ1v) is 11.6. The van der Waals surface area contributed by atoms with Crippen LogP contribution >= 0.6 is 0 Å². The standard InChI is InChI=1S/C23H26F3N3.C2HF3O2/c24-23(25,26)20-13-22-21(28-15-29-22)12-19(20)18-8-6-17(7-9-18)14-27-11-10-16-4-2-1-3-5-16;3-2(4,5)1(6)7/h6-9,12-13,15-16,27H,1-5,10-11,14H2,(H,28,29);(H,6,7). The zero-order valence-corrected chi connectivity index (χ0v) is 19.3. The number of carbonyl (C=O) groups is 1. The molecule has 0 aliphatic heterocycles. The van der Waals surface area contributed by atoms with Gasteiger partial charge >= 0.3 is 18.3 Å². The van der Waals surface area contributed by atoms with Crippen LogP contribution in [-0.2, 0) is 17.5 Å². The van der Waals surface area contributed by atoms with E-state index in [0.29, 0.717) is 16.6 Å². The molecule has 1 aromatic heterocycles. The molecule has 36 heavy (non-hydrogen) atoms. The summed E-state index contributed by atoms with van der Waals surface area (Å²) in [6.07, 6.45) is -0.112. The van der Waals surface area contributed by atoms with Gasteiger partial charge in [0.2, 0.25) is 0 Å². The van der Waals surface area contributed by atoms with Crippen molar-refractivity contribution in [2.24, 2.45) is 5.92 Å². The van der Waals surface area contributed by atoms with Crippen molar-refractivity contribution in [2.75, 3.05) is 6.54 Å². The molecule has 2 aromatic carbocycles. The molecule has 196 valence electrons. The molecule has 0 bridgehead atoms. The van der Waals surface area contributed by atoms with Gasteiger partial charge in [0.05, 0.1) is 22.9 Å². The fourth-order valence-electron chi connectivity index (χ4n) is 4.27. The first-order chi connectivity index (χ1) is 16.9. The van der Waals surface area contributed by atoms with Crippen molar-refractivity contribution in [1.82, 2.24) is 15.3 Å². The molecule has 5 nitrogen and oxygen atoms in total. The second-order valence-corrected chi connectivity index (χ2v) is 8.78. The highest BCUT2D eigenvalue weighted by Gasteiger charge is 2.38. The van der Waals surface area contributed by atoms with E-state index in [0.717, 1.165) is 30.6 Å². The van der Waals surface area contributed by atoms with Crippen LogP contribution < -0.4 is 5.32 Å². The third kappa shape index (κ3) is 7.71. The second kappa shape index (κ2) is 11.8. The Bertz CT molecular complexity index is 1130. The molecule has 1 heterocycles. The predicted molar refractivity (Wildman–Crippen MR) is 123 cm³/mol. The number of halogens is 6. The van der Waals surface area contributed by atoms with E-state index in [2.05, 4.69) is 15.3 Å². The maximum atomic E-state index is 13.6. The van der Waals surface area contributed by atoms with Gasteiger partial charge in [-0.05, 0) is 47.7 Å². The van der Waals surface area contributed by atoms with E-state index < -0.39 is 23.9 Å². The molecule has 0 atom stereocenters. The maximum Gasteiger partial charge on any atom is 0.490 e. The van der Waals surface area contributed by atoms with Crippen molar-refractivity contribution in [2.45, 2.75) is 57.4 Å². The number of nitrogens with one attached hydrogen (secondary N) is 2. The fraction of sp³-hybridized carbons (Fsp3) is 0.440. The SMILES string of the molecule is FC(F)(F)c1cc2nc[nH]c2cc1-c1ccc(CNCCC2CCCCC2)cc1.O=C(O)C(F)(F)F. The van der Waals surface area contributed by atoms with E-state index in [1.54, 1.807) is 12.1 Å². The average Bonchev–Trinajstić information content (AvgIpc) is 3.29. The normalized spacial score (nSPS) is 14.9. The summed E-state index contributed by atoms with van der Waals surface area (Å²) >= 11 is 0. The third-order valence-electron chi connectivity index (χ3n) is 6.16. The lowest BCUT2D eigenvalue weighted by molar-refractivity contribution is -0.192. The number of nitrogens with zero attached hydrogens (tertiary/aromatic N) is 1. The molecule has 4 rings (SSSR count). The Kier molecular flexibility index (Phi) is 8.99. The van der Waals surface area contributed by atoms with E-state index in [4.69, 9.17) is 9.90 Å². The lowest BCUT2D eigenvalue weighted by atomic mass is 9.87. The summed E-state index contributed by atoms with van der Waals surface area (Å²) in [5.74, 6) is -1.91. The second-order valence-electron chi connectivity index (χ2n) is 8.78. The van der Waals surface area contributed by atoms with Gasteiger partial charge in [-0.3, -0.25) is 0 Å². The smallest absolute Gasteiger partial charge is 0.475 e. The zero-order valence-electron chi connectivity index (χ0n) is 19.3. The Morgan fingerprint density at radius 1 is 1.03 bits per heavy atom. The number of aromatic nitrogens is 2. The maximum absolute atomic E-state index is 13.6. The van der Waals surface area contributed by atoms with Gasteiger partial charge in [-0.2, -0.15) is 26.3 Å². The summed E-state index contributed by atoms with van der Waals surface area (Å²) in [6.45, 7) is 1.72. The molecule has 0 amide bonds. The summed E-state index contributed by atoms with van der Waals surface area (Å²) in [5, 5.41) is 10.6. The number of H-pyrrole nitrogens is 1. The molecule has 0 spiro atoms. The Hall–Kier alpha value is -3.08. The monoisotopic (exact) mass is 515 g/mol. The average molecular weight is 515 g/mol. The largest absolute Gasteiger partial charge is 0.490 e. The number of fused-ring (bicyclic) bond motifs is 1. The van der Waals surface area contributed by atoms with Gasteiger partial charge < -0.3 is 15.4 Å². The number of benzene rings is 2. The quantitative estimate of drug-likeness (QED) is 0.245. The molecule has 1 aliphatic rings. The molecule has 11 heteroatoms. The number of carboxylic acids is 1. The zero-order chi connectivity index (χ0) is 26.3. The summed E-state index contributed by atoms with van der Waals surface area (Å²) < 4.78 is 72.4. The summed E-state index contributed by atoms with van der Waals surface area (Å²) in [4.78, 5) is 15.7. The first-order valence-electron chi connectivity index (χ1n) is 11.6. The van der Waals surface area contributed by atoms with Crippen LogP contribution in [0.5, 0.6) is 0 Å².